The summed E-state index contributed by atoms with van der Waals surface area (Å²) < 4.78 is 44.1. The summed E-state index contributed by atoms with van der Waals surface area (Å²) in [5.74, 6) is -1.01. The van der Waals surface area contributed by atoms with E-state index in [1.54, 1.807) is 26.2 Å². The summed E-state index contributed by atoms with van der Waals surface area (Å²) in [7, 11) is -2.21. The van der Waals surface area contributed by atoms with Gasteiger partial charge in [0.1, 0.15) is 22.7 Å². The number of carbonyl (C=O) groups is 1. The molecule has 176 valence electrons. The highest BCUT2D eigenvalue weighted by atomic mass is 32.2. The number of amides is 1. The molecule has 4 heterocycles. The van der Waals surface area contributed by atoms with E-state index in [9.17, 15) is 17.6 Å². The monoisotopic (exact) mass is 483 g/mol. The highest BCUT2D eigenvalue weighted by molar-refractivity contribution is 7.89. The van der Waals surface area contributed by atoms with E-state index in [-0.39, 0.29) is 29.2 Å². The zero-order valence-electron chi connectivity index (χ0n) is 18.5. The van der Waals surface area contributed by atoms with E-state index in [1.165, 1.54) is 33.5 Å². The van der Waals surface area contributed by atoms with E-state index in [0.717, 1.165) is 11.3 Å². The normalized spacial score (nSPS) is 14.3. The molecule has 2 N–H and O–H groups in total. The van der Waals surface area contributed by atoms with Gasteiger partial charge in [0.15, 0.2) is 0 Å². The molecule has 1 amide bonds. The number of nitrogens with one attached hydrogen (secondary N) is 2. The van der Waals surface area contributed by atoms with Crippen molar-refractivity contribution in [1.29, 1.82) is 0 Å². The second kappa shape index (κ2) is 8.29. The van der Waals surface area contributed by atoms with Gasteiger partial charge in [0.2, 0.25) is 10.0 Å². The zero-order chi connectivity index (χ0) is 24.0. The summed E-state index contributed by atoms with van der Waals surface area (Å²) in [6.07, 6.45) is 5.03. The van der Waals surface area contributed by atoms with E-state index in [4.69, 9.17) is 0 Å². The van der Waals surface area contributed by atoms with Gasteiger partial charge in [0, 0.05) is 67.2 Å². The minimum Gasteiger partial charge on any atom is -0.347 e. The Balaban J connectivity index is 1.40. The highest BCUT2D eigenvalue weighted by Gasteiger charge is 2.33. The van der Waals surface area contributed by atoms with Crippen LogP contribution in [0.2, 0.25) is 0 Å². The Morgan fingerprint density at radius 3 is 2.94 bits per heavy atom. The molecule has 10 nitrogen and oxygen atoms in total. The fraction of sp³-hybridized carbons (Fsp3) is 0.273. The van der Waals surface area contributed by atoms with E-state index in [1.807, 2.05) is 0 Å². The molecule has 0 aliphatic carbocycles. The minimum atomic E-state index is -3.84. The van der Waals surface area contributed by atoms with Crippen LogP contribution in [0.25, 0.3) is 10.9 Å². The van der Waals surface area contributed by atoms with Crippen molar-refractivity contribution in [3.8, 4) is 0 Å². The van der Waals surface area contributed by atoms with Crippen LogP contribution in [-0.2, 0) is 36.6 Å². The molecule has 12 heteroatoms. The van der Waals surface area contributed by atoms with Gasteiger partial charge >= 0.3 is 0 Å². The predicted octanol–water partition coefficient (Wildman–Crippen LogP) is 1.82. The molecule has 0 atom stereocenters. The molecule has 0 saturated carbocycles. The van der Waals surface area contributed by atoms with Crippen LogP contribution in [0.1, 0.15) is 33.0 Å². The number of aromatic nitrogens is 5. The van der Waals surface area contributed by atoms with Crippen LogP contribution in [-0.4, -0.2) is 49.9 Å². The Bertz CT molecular complexity index is 1530. The van der Waals surface area contributed by atoms with Crippen LogP contribution < -0.4 is 5.32 Å². The third-order valence-corrected chi connectivity index (χ3v) is 8.24. The molecule has 4 aromatic rings. The van der Waals surface area contributed by atoms with Crippen molar-refractivity contribution in [2.45, 2.75) is 31.3 Å². The third-order valence-electron chi connectivity index (χ3n) is 6.27. The molecule has 34 heavy (non-hydrogen) atoms. The lowest BCUT2D eigenvalue weighted by Gasteiger charge is -2.25. The molecular formula is C22H22FN7O3S. The number of H-pyrrole nitrogens is 1. The molecule has 3 aromatic heterocycles. The van der Waals surface area contributed by atoms with Crippen LogP contribution in [0.4, 0.5) is 4.39 Å². The number of aromatic amines is 1. The second-order valence-electron chi connectivity index (χ2n) is 8.16. The van der Waals surface area contributed by atoms with Gasteiger partial charge in [0.05, 0.1) is 11.7 Å². The number of fused-ring (bicyclic) bond motifs is 2. The average Bonchev–Trinajstić information content (AvgIpc) is 3.42. The maximum absolute atomic E-state index is 14.5. The van der Waals surface area contributed by atoms with Crippen molar-refractivity contribution in [3.63, 3.8) is 0 Å². The van der Waals surface area contributed by atoms with Crippen molar-refractivity contribution in [1.82, 2.24) is 34.4 Å². The quantitative estimate of drug-likeness (QED) is 0.446. The number of hydrogen-bond donors (Lipinski definition) is 2. The molecule has 0 bridgehead atoms. The molecular weight excluding hydrogens is 461 g/mol. The maximum Gasteiger partial charge on any atom is 0.268 e. The SMILES string of the molecule is Cc1c(S(=O)(=O)N2CCc3[nH]ncc3C2)cc(C(=O)NCc2c(F)ccc3ncncc23)n1C. The van der Waals surface area contributed by atoms with E-state index in [2.05, 4.69) is 25.5 Å². The Labute approximate surface area is 194 Å². The predicted molar refractivity (Wildman–Crippen MR) is 121 cm³/mol. The standard InChI is InChI=1S/C22H22FN7O3S/c1-13-21(34(32,33)30-6-5-18-14(11-30)8-27-28-18)7-20(29(13)2)22(31)25-10-15-16-9-24-12-26-19(16)4-3-17(15)23/h3-4,7-9,12H,5-6,10-11H2,1-2H3,(H,25,31)(H,27,28). The molecule has 0 saturated heterocycles. The number of hydrogen-bond acceptors (Lipinski definition) is 6. The Kier molecular flexibility index (Phi) is 5.41. The molecule has 1 aliphatic rings. The van der Waals surface area contributed by atoms with Crippen molar-refractivity contribution in [2.24, 2.45) is 7.05 Å². The second-order valence-corrected chi connectivity index (χ2v) is 10.1. The van der Waals surface area contributed by atoms with Gasteiger partial charge < -0.3 is 9.88 Å². The summed E-state index contributed by atoms with van der Waals surface area (Å²) in [4.78, 5) is 21.1. The number of nitrogens with zero attached hydrogens (tertiary/aromatic N) is 5. The summed E-state index contributed by atoms with van der Waals surface area (Å²) >= 11 is 0. The topological polar surface area (TPSA) is 126 Å². The van der Waals surface area contributed by atoms with Gasteiger partial charge in [0.25, 0.3) is 5.91 Å². The lowest BCUT2D eigenvalue weighted by atomic mass is 10.1. The summed E-state index contributed by atoms with van der Waals surface area (Å²) in [6.45, 7) is 2.08. The largest absolute Gasteiger partial charge is 0.347 e. The molecule has 0 fully saturated rings. The van der Waals surface area contributed by atoms with Crippen LogP contribution in [0, 0.1) is 12.7 Å². The number of halogens is 1. The molecule has 5 rings (SSSR count). The average molecular weight is 484 g/mol. The first-order valence-electron chi connectivity index (χ1n) is 10.6. The molecule has 1 aliphatic heterocycles. The summed E-state index contributed by atoms with van der Waals surface area (Å²) in [5.41, 5.74) is 3.19. The first kappa shape index (κ1) is 22.2. The zero-order valence-corrected chi connectivity index (χ0v) is 19.4. The number of rotatable bonds is 5. The van der Waals surface area contributed by atoms with Gasteiger partial charge in [-0.15, -0.1) is 0 Å². The first-order valence-corrected chi connectivity index (χ1v) is 12.0. The maximum atomic E-state index is 14.5. The van der Waals surface area contributed by atoms with Gasteiger partial charge in [-0.1, -0.05) is 0 Å². The number of carbonyl (C=O) groups excluding carboxylic acids is 1. The van der Waals surface area contributed by atoms with Crippen molar-refractivity contribution in [3.05, 3.63) is 70.9 Å². The minimum absolute atomic E-state index is 0.0665. The fourth-order valence-electron chi connectivity index (χ4n) is 4.22. The van der Waals surface area contributed by atoms with Gasteiger partial charge in [-0.3, -0.25) is 9.89 Å². The Morgan fingerprint density at radius 2 is 2.12 bits per heavy atom. The van der Waals surface area contributed by atoms with Crippen LogP contribution in [0.15, 0.2) is 41.8 Å². The fourth-order valence-corrected chi connectivity index (χ4v) is 5.91. The van der Waals surface area contributed by atoms with Crippen LogP contribution in [0.5, 0.6) is 0 Å². The van der Waals surface area contributed by atoms with Crippen LogP contribution >= 0.6 is 0 Å². The number of benzene rings is 1. The van der Waals surface area contributed by atoms with Gasteiger partial charge in [-0.2, -0.15) is 9.40 Å². The first-order chi connectivity index (χ1) is 16.3. The highest BCUT2D eigenvalue weighted by Crippen LogP contribution is 2.28. The smallest absolute Gasteiger partial charge is 0.268 e. The molecule has 0 radical (unpaired) electrons. The lowest BCUT2D eigenvalue weighted by Crippen LogP contribution is -2.35. The van der Waals surface area contributed by atoms with Crippen molar-refractivity contribution < 1.29 is 17.6 Å². The third kappa shape index (κ3) is 3.64. The van der Waals surface area contributed by atoms with E-state index in [0.29, 0.717) is 29.6 Å². The lowest BCUT2D eigenvalue weighted by molar-refractivity contribution is 0.0942. The summed E-state index contributed by atoms with van der Waals surface area (Å²) in [6, 6.07) is 4.20. The summed E-state index contributed by atoms with van der Waals surface area (Å²) in [5, 5.41) is 10.1. The Hall–Kier alpha value is -3.64. The van der Waals surface area contributed by atoms with E-state index < -0.39 is 21.7 Å². The van der Waals surface area contributed by atoms with Crippen LogP contribution in [0.3, 0.4) is 0 Å². The molecule has 0 unspecified atom stereocenters. The Morgan fingerprint density at radius 1 is 1.29 bits per heavy atom. The van der Waals surface area contributed by atoms with Crippen molar-refractivity contribution in [2.75, 3.05) is 6.54 Å². The molecule has 1 aromatic carbocycles. The molecule has 0 spiro atoms. The van der Waals surface area contributed by atoms with E-state index >= 15 is 0 Å². The van der Waals surface area contributed by atoms with Crippen molar-refractivity contribution >= 4 is 26.8 Å². The number of sulfonamides is 1. The van der Waals surface area contributed by atoms with Gasteiger partial charge in [-0.05, 0) is 25.1 Å². The van der Waals surface area contributed by atoms with Gasteiger partial charge in [-0.25, -0.2) is 22.8 Å².